The van der Waals surface area contributed by atoms with Crippen LogP contribution in [0.25, 0.3) is 11.4 Å². The quantitative estimate of drug-likeness (QED) is 0.0998. The highest BCUT2D eigenvalue weighted by atomic mass is 32.2. The van der Waals surface area contributed by atoms with E-state index in [0.717, 1.165) is 11.3 Å². The van der Waals surface area contributed by atoms with Gasteiger partial charge in [-0.25, -0.2) is 24.0 Å². The first-order chi connectivity index (χ1) is 19.7. The topological polar surface area (TPSA) is 202 Å². The van der Waals surface area contributed by atoms with Crippen molar-refractivity contribution >= 4 is 51.7 Å². The molecule has 15 nitrogen and oxygen atoms in total. The van der Waals surface area contributed by atoms with Gasteiger partial charge in [0.05, 0.1) is 18.7 Å². The Labute approximate surface area is 241 Å². The molecule has 1 fully saturated rings. The maximum atomic E-state index is 13.1. The van der Waals surface area contributed by atoms with E-state index in [1.54, 1.807) is 40.0 Å². The molecule has 5 rings (SSSR count). The van der Waals surface area contributed by atoms with Gasteiger partial charge in [0.1, 0.15) is 35.7 Å². The number of nitrogens with zero attached hydrogens (tertiary/aromatic N) is 7. The number of thioether (sulfide) groups is 1. The maximum absolute atomic E-state index is 13.1. The summed E-state index contributed by atoms with van der Waals surface area (Å²) in [6.07, 6.45) is 3.58. The number of carbonyl (C=O) groups is 3. The highest BCUT2D eigenvalue weighted by Gasteiger charge is 2.54. The van der Waals surface area contributed by atoms with Crippen LogP contribution < -0.4 is 15.6 Å². The van der Waals surface area contributed by atoms with E-state index in [4.69, 9.17) is 10.6 Å². The van der Waals surface area contributed by atoms with E-state index in [9.17, 15) is 24.6 Å². The van der Waals surface area contributed by atoms with Crippen LogP contribution in [0.4, 0.5) is 5.13 Å². The fourth-order valence-electron chi connectivity index (χ4n) is 4.53. The van der Waals surface area contributed by atoms with Crippen molar-refractivity contribution in [1.29, 1.82) is 0 Å². The number of nitrogen functional groups attached to an aromatic ring is 1. The van der Waals surface area contributed by atoms with E-state index >= 15 is 0 Å². The van der Waals surface area contributed by atoms with Gasteiger partial charge < -0.3 is 26.1 Å². The molecule has 0 aliphatic carbocycles. The number of carbonyl (C=O) groups excluding carboxylic acids is 2. The van der Waals surface area contributed by atoms with E-state index in [1.165, 1.54) is 23.8 Å². The van der Waals surface area contributed by atoms with Crippen LogP contribution in [0.2, 0.25) is 0 Å². The zero-order chi connectivity index (χ0) is 29.3. The predicted molar refractivity (Wildman–Crippen MR) is 147 cm³/mol. The van der Waals surface area contributed by atoms with E-state index in [2.05, 4.69) is 25.5 Å². The third kappa shape index (κ3) is 5.50. The van der Waals surface area contributed by atoms with Crippen LogP contribution in [0.5, 0.6) is 0 Å². The van der Waals surface area contributed by atoms with Crippen LogP contribution >= 0.6 is 23.1 Å². The molecule has 0 bridgehead atoms. The van der Waals surface area contributed by atoms with E-state index < -0.39 is 29.2 Å². The average Bonchev–Trinajstić information content (AvgIpc) is 3.55. The number of anilines is 1. The first kappa shape index (κ1) is 28.2. The minimum Gasteiger partial charge on any atom is -0.477 e. The molecule has 0 spiro atoms. The maximum Gasteiger partial charge on any atom is 0.352 e. The zero-order valence-electron chi connectivity index (χ0n) is 21.9. The van der Waals surface area contributed by atoms with E-state index in [-0.39, 0.29) is 35.4 Å². The highest BCUT2D eigenvalue weighted by Crippen LogP contribution is 2.40. The van der Waals surface area contributed by atoms with Crippen molar-refractivity contribution in [2.45, 2.75) is 31.4 Å². The van der Waals surface area contributed by atoms with Gasteiger partial charge >= 0.3 is 5.97 Å². The fourth-order valence-corrected chi connectivity index (χ4v) is 6.41. The van der Waals surface area contributed by atoms with Gasteiger partial charge in [-0.2, -0.15) is 5.10 Å². The summed E-state index contributed by atoms with van der Waals surface area (Å²) in [5.41, 5.74) is 6.85. The molecule has 0 saturated carbocycles. The van der Waals surface area contributed by atoms with Gasteiger partial charge in [-0.3, -0.25) is 14.5 Å². The molecule has 1 saturated heterocycles. The number of aryl methyl sites for hydroxylation is 1. The molecule has 2 aliphatic heterocycles. The summed E-state index contributed by atoms with van der Waals surface area (Å²) >= 11 is 2.47. The number of hydrogen-bond acceptors (Lipinski definition) is 12. The number of nitrogens with one attached hydrogen (secondary N) is 1. The van der Waals surface area contributed by atoms with Crippen molar-refractivity contribution in [1.82, 2.24) is 30.0 Å². The summed E-state index contributed by atoms with van der Waals surface area (Å²) in [6.45, 7) is 2.26. The lowest BCUT2D eigenvalue weighted by molar-refractivity contribution is -0.688. The molecule has 17 heteroatoms. The van der Waals surface area contributed by atoms with Gasteiger partial charge in [-0.1, -0.05) is 5.16 Å². The van der Waals surface area contributed by atoms with Gasteiger partial charge in [-0.05, 0) is 13.0 Å². The third-order valence-electron chi connectivity index (χ3n) is 6.36. The van der Waals surface area contributed by atoms with Crippen molar-refractivity contribution in [3.8, 4) is 11.4 Å². The first-order valence-electron chi connectivity index (χ1n) is 12.3. The van der Waals surface area contributed by atoms with Gasteiger partial charge in [-0.15, -0.1) is 23.1 Å². The van der Waals surface area contributed by atoms with Crippen molar-refractivity contribution in [3.63, 3.8) is 0 Å². The zero-order valence-corrected chi connectivity index (χ0v) is 23.6. The molecule has 2 atom stereocenters. The lowest BCUT2D eigenvalue weighted by Gasteiger charge is -2.49. The lowest BCUT2D eigenvalue weighted by Crippen LogP contribution is -2.71. The normalized spacial score (nSPS) is 18.7. The molecule has 0 radical (unpaired) electrons. The largest absolute Gasteiger partial charge is 0.477 e. The molecule has 41 heavy (non-hydrogen) atoms. The number of aromatic nitrogens is 5. The number of rotatable bonds is 10. The summed E-state index contributed by atoms with van der Waals surface area (Å²) in [5.74, 6) is -1.02. The molecule has 5 heterocycles. The smallest absolute Gasteiger partial charge is 0.352 e. The standard InChI is InChI=1S/C24H25N9O6S2/c1-12-26-19(29-32(12)6-7-34)13-4-3-5-31(8-13)9-14-10-40-22-17(21(36)33(22)18(14)23(37)38)28-20(35)16(30-39-2)15-11-41-24(25)27-15/h3-5,8,11,17,22,34H,6-7,9-10H2,1-2H3,(H3-,25,27,28,35,37,38)/p+1/b30-16-/t17-,22-/m1/s1. The first-order valence-corrected chi connectivity index (χ1v) is 14.2. The number of β-lactam (4-membered cyclic amide) rings is 1. The average molecular weight is 601 g/mol. The van der Waals surface area contributed by atoms with Gasteiger partial charge in [0, 0.05) is 22.8 Å². The Morgan fingerprint density at radius 3 is 2.85 bits per heavy atom. The Balaban J connectivity index is 1.34. The van der Waals surface area contributed by atoms with Gasteiger partial charge in [0.2, 0.25) is 0 Å². The van der Waals surface area contributed by atoms with Crippen LogP contribution in [-0.4, -0.2) is 89.2 Å². The molecule has 0 aromatic carbocycles. The van der Waals surface area contributed by atoms with Crippen LogP contribution in [-0.2, 0) is 32.3 Å². The number of carboxylic acids is 1. The Morgan fingerprint density at radius 1 is 1.37 bits per heavy atom. The number of aliphatic carboxylic acids is 1. The minimum atomic E-state index is -1.24. The number of nitrogens with two attached hydrogens (primary N) is 1. The lowest BCUT2D eigenvalue weighted by atomic mass is 10.0. The number of aliphatic hydroxyl groups is 1. The van der Waals surface area contributed by atoms with Crippen LogP contribution in [0.15, 0.2) is 46.3 Å². The van der Waals surface area contributed by atoms with Crippen molar-refractivity contribution in [2.75, 3.05) is 25.2 Å². The molecule has 0 unspecified atom stereocenters. The summed E-state index contributed by atoms with van der Waals surface area (Å²) in [5, 5.41) is 31.2. The highest BCUT2D eigenvalue weighted by molar-refractivity contribution is 8.00. The molecular weight excluding hydrogens is 574 g/mol. The van der Waals surface area contributed by atoms with Crippen LogP contribution in [0.3, 0.4) is 0 Å². The predicted octanol–water partition coefficient (Wildman–Crippen LogP) is -0.639. The van der Waals surface area contributed by atoms with Crippen molar-refractivity contribution < 1.29 is 34.0 Å². The van der Waals surface area contributed by atoms with E-state index in [1.807, 2.05) is 6.07 Å². The minimum absolute atomic E-state index is 0.0637. The number of amides is 2. The number of pyridine rings is 1. The Bertz CT molecular complexity index is 1580. The molecule has 2 aliphatic rings. The van der Waals surface area contributed by atoms with Crippen molar-refractivity contribution in [3.05, 3.63) is 52.7 Å². The molecule has 2 amide bonds. The van der Waals surface area contributed by atoms with Crippen LogP contribution in [0.1, 0.15) is 11.5 Å². The monoisotopic (exact) mass is 600 g/mol. The molecular formula is C24H26N9O6S2+. The molecule has 214 valence electrons. The summed E-state index contributed by atoms with van der Waals surface area (Å²) in [7, 11) is 1.27. The van der Waals surface area contributed by atoms with Crippen molar-refractivity contribution in [2.24, 2.45) is 5.16 Å². The number of fused-ring (bicyclic) bond motifs is 1. The fraction of sp³-hybridized carbons (Fsp3) is 0.333. The van der Waals surface area contributed by atoms with Crippen LogP contribution in [0, 0.1) is 6.92 Å². The van der Waals surface area contributed by atoms with Gasteiger partial charge in [0.25, 0.3) is 11.8 Å². The summed E-state index contributed by atoms with van der Waals surface area (Å²) in [6, 6.07) is 2.67. The number of carboxylic acid groups (broad SMARTS) is 1. The number of hydrogen-bond donors (Lipinski definition) is 4. The number of oxime groups is 1. The Hall–Kier alpha value is -4.35. The SMILES string of the molecule is CO/N=C(\C(=O)N[C@@H]1C(=O)N2C(C(=O)O)=C(C[n+]3cccc(-c4nc(C)n(CCO)n4)c3)CS[C@H]12)c1csc(N)n1. The Kier molecular flexibility index (Phi) is 8.00. The van der Waals surface area contributed by atoms with E-state index in [0.29, 0.717) is 35.1 Å². The van der Waals surface area contributed by atoms with Gasteiger partial charge in [0.15, 0.2) is 35.6 Å². The Morgan fingerprint density at radius 2 is 2.17 bits per heavy atom. The summed E-state index contributed by atoms with van der Waals surface area (Å²) in [4.78, 5) is 52.9. The molecule has 3 aromatic rings. The summed E-state index contributed by atoms with van der Waals surface area (Å²) < 4.78 is 3.41. The number of aliphatic hydroxyl groups excluding tert-OH is 1. The second-order valence-electron chi connectivity index (χ2n) is 9.01. The number of thiazole rings is 1. The molecule has 3 aromatic heterocycles. The molecule has 5 N–H and O–H groups in total. The second kappa shape index (κ2) is 11.6. The third-order valence-corrected chi connectivity index (χ3v) is 8.37. The second-order valence-corrected chi connectivity index (χ2v) is 11.0.